The van der Waals surface area contributed by atoms with E-state index in [1.165, 1.54) is 18.5 Å². The Morgan fingerprint density at radius 2 is 2.00 bits per heavy atom. The molecule has 6 nitrogen and oxygen atoms in total. The highest BCUT2D eigenvalue weighted by molar-refractivity contribution is 6.35. The molecule has 0 saturated heterocycles. The van der Waals surface area contributed by atoms with Gasteiger partial charge in [0.25, 0.3) is 0 Å². The summed E-state index contributed by atoms with van der Waals surface area (Å²) in [6, 6.07) is 0. The van der Waals surface area contributed by atoms with E-state index in [1.807, 2.05) is 19.0 Å². The highest BCUT2D eigenvalue weighted by Gasteiger charge is 2.22. The summed E-state index contributed by atoms with van der Waals surface area (Å²) in [6.45, 7) is 0.637. The van der Waals surface area contributed by atoms with Crippen LogP contribution in [0.4, 0.5) is 0 Å². The quantitative estimate of drug-likeness (QED) is 0.366. The van der Waals surface area contributed by atoms with Crippen molar-refractivity contribution in [1.82, 2.24) is 14.9 Å². The third-order valence-electron chi connectivity index (χ3n) is 2.27. The monoisotopic (exact) mass is 283 g/mol. The minimum atomic E-state index is -1.30. The lowest BCUT2D eigenvalue weighted by molar-refractivity contribution is -0.132. The number of aromatic nitrogens is 2. The van der Waals surface area contributed by atoms with Gasteiger partial charge in [-0.15, -0.1) is 0 Å². The van der Waals surface area contributed by atoms with Crippen LogP contribution < -0.4 is 0 Å². The molecule has 1 N–H and O–H groups in total. The van der Waals surface area contributed by atoms with Crippen molar-refractivity contribution in [3.63, 3.8) is 0 Å². The fraction of sp³-hybridized carbons (Fsp3) is 0.333. The standard InChI is InChI=1S/C12H14ClN3O3/c1-16(2)7-3-4-8(12(18)19)10(17)9-11(13)15-6-5-14-9/h4-6H,3,7H2,1-2H3,(H,18,19). The second-order valence-electron chi connectivity index (χ2n) is 4.04. The minimum absolute atomic E-state index is 0.104. The Labute approximate surface area is 115 Å². The number of hydrogen-bond acceptors (Lipinski definition) is 5. The summed E-state index contributed by atoms with van der Waals surface area (Å²) < 4.78 is 0. The topological polar surface area (TPSA) is 83.4 Å². The Kier molecular flexibility index (Phi) is 5.59. The lowest BCUT2D eigenvalue weighted by atomic mass is 10.1. The van der Waals surface area contributed by atoms with Crippen molar-refractivity contribution in [2.24, 2.45) is 0 Å². The number of aliphatic carboxylic acids is 1. The van der Waals surface area contributed by atoms with Crippen LogP contribution in [0, 0.1) is 0 Å². The molecule has 0 aliphatic rings. The third kappa shape index (κ3) is 4.42. The van der Waals surface area contributed by atoms with Crippen molar-refractivity contribution in [3.8, 4) is 0 Å². The van der Waals surface area contributed by atoms with Gasteiger partial charge in [0.1, 0.15) is 11.3 Å². The van der Waals surface area contributed by atoms with Crippen LogP contribution >= 0.6 is 11.6 Å². The van der Waals surface area contributed by atoms with Crippen molar-refractivity contribution < 1.29 is 14.7 Å². The van der Waals surface area contributed by atoms with E-state index in [4.69, 9.17) is 16.7 Å². The van der Waals surface area contributed by atoms with Crippen LogP contribution in [-0.2, 0) is 4.79 Å². The zero-order chi connectivity index (χ0) is 14.4. The van der Waals surface area contributed by atoms with Crippen LogP contribution in [-0.4, -0.2) is 52.4 Å². The smallest absolute Gasteiger partial charge is 0.339 e. The highest BCUT2D eigenvalue weighted by Crippen LogP contribution is 2.14. The maximum atomic E-state index is 12.0. The lowest BCUT2D eigenvalue weighted by Crippen LogP contribution is -2.17. The van der Waals surface area contributed by atoms with Crippen LogP contribution in [0.15, 0.2) is 24.0 Å². The van der Waals surface area contributed by atoms with Gasteiger partial charge >= 0.3 is 5.97 Å². The fourth-order valence-electron chi connectivity index (χ4n) is 1.35. The molecule has 0 aliphatic carbocycles. The molecule has 0 saturated carbocycles. The number of ketones is 1. The van der Waals surface area contributed by atoms with Gasteiger partial charge in [0.15, 0.2) is 5.15 Å². The maximum Gasteiger partial charge on any atom is 0.339 e. The zero-order valence-electron chi connectivity index (χ0n) is 10.6. The van der Waals surface area contributed by atoms with Gasteiger partial charge in [-0.05, 0) is 20.5 Å². The highest BCUT2D eigenvalue weighted by atomic mass is 35.5. The number of carbonyl (C=O) groups excluding carboxylic acids is 1. The number of carboxylic acid groups (broad SMARTS) is 1. The molecular formula is C12H14ClN3O3. The van der Waals surface area contributed by atoms with Crippen molar-refractivity contribution in [2.75, 3.05) is 20.6 Å². The van der Waals surface area contributed by atoms with Crippen LogP contribution in [0.25, 0.3) is 0 Å². The van der Waals surface area contributed by atoms with Gasteiger partial charge < -0.3 is 10.0 Å². The molecule has 1 aromatic rings. The number of halogens is 1. The Bertz CT molecular complexity index is 515. The Balaban J connectivity index is 2.97. The van der Waals surface area contributed by atoms with E-state index in [2.05, 4.69) is 9.97 Å². The fourth-order valence-corrected chi connectivity index (χ4v) is 1.54. The minimum Gasteiger partial charge on any atom is -0.478 e. The van der Waals surface area contributed by atoms with Crippen LogP contribution in [0.2, 0.25) is 5.15 Å². The first kappa shape index (κ1) is 15.3. The number of carboxylic acids is 1. The Hall–Kier alpha value is -1.79. The van der Waals surface area contributed by atoms with Gasteiger partial charge in [-0.2, -0.15) is 0 Å². The first-order valence-corrected chi connectivity index (χ1v) is 5.90. The largest absolute Gasteiger partial charge is 0.478 e. The first-order valence-electron chi connectivity index (χ1n) is 5.53. The molecule has 0 aromatic carbocycles. The van der Waals surface area contributed by atoms with Gasteiger partial charge in [-0.1, -0.05) is 17.7 Å². The molecule has 1 heterocycles. The van der Waals surface area contributed by atoms with Crippen molar-refractivity contribution in [1.29, 1.82) is 0 Å². The summed E-state index contributed by atoms with van der Waals surface area (Å²) in [5.41, 5.74) is -0.494. The summed E-state index contributed by atoms with van der Waals surface area (Å²) in [7, 11) is 3.71. The number of rotatable bonds is 6. The molecule has 1 rings (SSSR count). The molecule has 0 bridgehead atoms. The normalized spacial score (nSPS) is 11.7. The van der Waals surface area contributed by atoms with Gasteiger partial charge in [0, 0.05) is 18.9 Å². The van der Waals surface area contributed by atoms with E-state index >= 15 is 0 Å². The van der Waals surface area contributed by atoms with E-state index in [0.29, 0.717) is 13.0 Å². The summed E-state index contributed by atoms with van der Waals surface area (Å²) in [5, 5.41) is 8.96. The van der Waals surface area contributed by atoms with Gasteiger partial charge in [-0.25, -0.2) is 14.8 Å². The number of carbonyl (C=O) groups is 2. The summed E-state index contributed by atoms with van der Waals surface area (Å²) in [5.74, 6) is -2.03. The van der Waals surface area contributed by atoms with Crippen LogP contribution in [0.3, 0.4) is 0 Å². The molecule has 0 amide bonds. The number of hydrogen-bond donors (Lipinski definition) is 1. The van der Waals surface area contributed by atoms with Crippen molar-refractivity contribution in [3.05, 3.63) is 34.9 Å². The molecule has 0 spiro atoms. The molecule has 0 atom stereocenters. The number of nitrogens with zero attached hydrogens (tertiary/aromatic N) is 3. The number of Topliss-reactive ketones (excluding diaryl/α,β-unsaturated/α-hetero) is 1. The zero-order valence-corrected chi connectivity index (χ0v) is 11.4. The molecule has 19 heavy (non-hydrogen) atoms. The van der Waals surface area contributed by atoms with Crippen LogP contribution in [0.1, 0.15) is 16.9 Å². The molecular weight excluding hydrogens is 270 g/mol. The molecule has 102 valence electrons. The Morgan fingerprint density at radius 3 is 2.53 bits per heavy atom. The second-order valence-corrected chi connectivity index (χ2v) is 4.40. The maximum absolute atomic E-state index is 12.0. The van der Waals surface area contributed by atoms with E-state index < -0.39 is 11.8 Å². The van der Waals surface area contributed by atoms with E-state index in [1.54, 1.807) is 0 Å². The average Bonchev–Trinajstić information content (AvgIpc) is 2.33. The van der Waals surface area contributed by atoms with Crippen LogP contribution in [0.5, 0.6) is 0 Å². The van der Waals surface area contributed by atoms with Gasteiger partial charge in [0.2, 0.25) is 5.78 Å². The van der Waals surface area contributed by atoms with E-state index in [0.717, 1.165) is 0 Å². The molecule has 0 fully saturated rings. The summed E-state index contributed by atoms with van der Waals surface area (Å²) in [4.78, 5) is 32.5. The van der Waals surface area contributed by atoms with Crippen molar-refractivity contribution >= 4 is 23.4 Å². The SMILES string of the molecule is CN(C)CCC=C(C(=O)O)C(=O)c1nccnc1Cl. The predicted molar refractivity (Wildman–Crippen MR) is 70.3 cm³/mol. The molecule has 0 unspecified atom stereocenters. The second kappa shape index (κ2) is 6.96. The molecule has 1 aromatic heterocycles. The summed E-state index contributed by atoms with van der Waals surface area (Å²) >= 11 is 5.73. The molecule has 0 aliphatic heterocycles. The Morgan fingerprint density at radius 1 is 1.37 bits per heavy atom. The first-order chi connectivity index (χ1) is 8.93. The van der Waals surface area contributed by atoms with Gasteiger partial charge in [0.05, 0.1) is 0 Å². The van der Waals surface area contributed by atoms with Crippen molar-refractivity contribution in [2.45, 2.75) is 6.42 Å². The van der Waals surface area contributed by atoms with Gasteiger partial charge in [-0.3, -0.25) is 4.79 Å². The predicted octanol–water partition coefficient (Wildman–Crippen LogP) is 1.28. The average molecular weight is 284 g/mol. The lowest BCUT2D eigenvalue weighted by Gasteiger charge is -2.07. The van der Waals surface area contributed by atoms with E-state index in [-0.39, 0.29) is 16.4 Å². The molecule has 0 radical (unpaired) electrons. The van der Waals surface area contributed by atoms with E-state index in [9.17, 15) is 9.59 Å². The molecule has 7 heteroatoms. The summed E-state index contributed by atoms with van der Waals surface area (Å²) in [6.07, 6.45) is 4.43. The third-order valence-corrected chi connectivity index (χ3v) is 2.55.